The summed E-state index contributed by atoms with van der Waals surface area (Å²) in [6, 6.07) is 43.6. The molecule has 8 heteroatoms. The van der Waals surface area contributed by atoms with E-state index < -0.39 is 0 Å². The zero-order valence-corrected chi connectivity index (χ0v) is 30.2. The number of hydrogen-bond acceptors (Lipinski definition) is 8. The second-order valence-electron chi connectivity index (χ2n) is 13.9. The van der Waals surface area contributed by atoms with Crippen molar-refractivity contribution < 1.29 is 0 Å². The first-order valence-electron chi connectivity index (χ1n) is 18.9. The van der Waals surface area contributed by atoms with Crippen molar-refractivity contribution in [3.05, 3.63) is 155 Å². The predicted molar refractivity (Wildman–Crippen MR) is 214 cm³/mol. The monoisotopic (exact) mass is 692 g/mol. The minimum Gasteiger partial charge on any atom is -0.310 e. The molecule has 4 N–H and O–H groups in total. The van der Waals surface area contributed by atoms with Gasteiger partial charge < -0.3 is 21.3 Å². The first-order valence-corrected chi connectivity index (χ1v) is 18.9. The van der Waals surface area contributed by atoms with Gasteiger partial charge in [-0.25, -0.2) is 0 Å². The minimum absolute atomic E-state index is 0.754. The van der Waals surface area contributed by atoms with Crippen LogP contribution in [0.4, 0.5) is 0 Å². The lowest BCUT2D eigenvalue weighted by molar-refractivity contribution is 0.263. The third-order valence-corrected chi connectivity index (χ3v) is 9.81. The second-order valence-corrected chi connectivity index (χ2v) is 13.9. The summed E-state index contributed by atoms with van der Waals surface area (Å²) < 4.78 is 0. The van der Waals surface area contributed by atoms with E-state index in [0.717, 1.165) is 114 Å². The van der Waals surface area contributed by atoms with Crippen molar-refractivity contribution in [2.75, 3.05) is 52.4 Å². The Hall–Kier alpha value is -4.54. The fourth-order valence-electron chi connectivity index (χ4n) is 7.00. The van der Waals surface area contributed by atoms with E-state index in [9.17, 15) is 0 Å². The minimum atomic E-state index is 0.754. The largest absolute Gasteiger partial charge is 0.310 e. The smallest absolute Gasteiger partial charge is 0.0545 e. The SMILES string of the molecule is c1cc2nc(c1)CNCCN(Cc1ccc3ccccc3c1)CCNCc1cccc(n1)CNCCN(Cc1ccc3ccccc3c1)CCNC2. The fraction of sp³-hybridized carbons (Fsp3) is 0.318. The first-order chi connectivity index (χ1) is 25.7. The maximum absolute atomic E-state index is 4.97. The molecule has 4 aromatic carbocycles. The van der Waals surface area contributed by atoms with E-state index in [1.54, 1.807) is 0 Å². The quantitative estimate of drug-likeness (QED) is 0.183. The molecule has 2 aromatic heterocycles. The Morgan fingerprint density at radius 3 is 1.10 bits per heavy atom. The fourth-order valence-corrected chi connectivity index (χ4v) is 7.00. The van der Waals surface area contributed by atoms with E-state index >= 15 is 0 Å². The highest BCUT2D eigenvalue weighted by atomic mass is 15.2. The van der Waals surface area contributed by atoms with Crippen LogP contribution in [-0.4, -0.2) is 72.1 Å². The highest BCUT2D eigenvalue weighted by Gasteiger charge is 2.10. The van der Waals surface area contributed by atoms with Crippen molar-refractivity contribution in [1.29, 1.82) is 0 Å². The van der Waals surface area contributed by atoms with Crippen LogP contribution in [0.1, 0.15) is 33.9 Å². The topological polar surface area (TPSA) is 80.4 Å². The standard InChI is InChI=1S/C44H52N8/c1-3-9-39-27-35(15-17-37(39)7-1)33-51-23-19-45-29-41-11-5-13-43(49-41)31-47-21-25-52(34-36-16-18-38-8-2-4-10-40(38)28-36)26-22-48-32-44-14-6-12-42(50-44)30-46-20-24-51/h1-18,27-28,45-48H,19-26,29-34H2. The van der Waals surface area contributed by atoms with Crippen molar-refractivity contribution in [2.24, 2.45) is 0 Å². The average Bonchev–Trinajstić information content (AvgIpc) is 3.18. The highest BCUT2D eigenvalue weighted by Crippen LogP contribution is 2.18. The lowest BCUT2D eigenvalue weighted by atomic mass is 10.1. The van der Waals surface area contributed by atoms with Crippen LogP contribution in [-0.2, 0) is 39.3 Å². The highest BCUT2D eigenvalue weighted by molar-refractivity contribution is 5.83. The Morgan fingerprint density at radius 2 is 0.731 bits per heavy atom. The molecule has 1 aliphatic heterocycles. The number of aromatic nitrogens is 2. The molecular weight excluding hydrogens is 641 g/mol. The molecule has 0 amide bonds. The Balaban J connectivity index is 1.00. The van der Waals surface area contributed by atoms with E-state index in [0.29, 0.717) is 0 Å². The van der Waals surface area contributed by atoms with Crippen LogP contribution in [0.2, 0.25) is 0 Å². The van der Waals surface area contributed by atoms with E-state index in [1.807, 2.05) is 0 Å². The van der Waals surface area contributed by atoms with Gasteiger partial charge in [0.05, 0.1) is 22.8 Å². The molecule has 0 radical (unpaired) electrons. The zero-order chi connectivity index (χ0) is 35.2. The summed E-state index contributed by atoms with van der Waals surface area (Å²) in [6.07, 6.45) is 0. The molecule has 52 heavy (non-hydrogen) atoms. The molecular formula is C44H52N8. The van der Waals surface area contributed by atoms with Gasteiger partial charge in [0.15, 0.2) is 0 Å². The zero-order valence-electron chi connectivity index (χ0n) is 30.2. The van der Waals surface area contributed by atoms with Gasteiger partial charge in [-0.05, 0) is 69.1 Å². The summed E-state index contributed by atoms with van der Waals surface area (Å²) in [4.78, 5) is 15.0. The van der Waals surface area contributed by atoms with Crippen molar-refractivity contribution in [1.82, 2.24) is 41.0 Å². The molecule has 4 bridgehead atoms. The Bertz CT molecular complexity index is 1810. The van der Waals surface area contributed by atoms with E-state index in [1.165, 1.54) is 32.7 Å². The molecule has 1 aliphatic rings. The molecule has 0 fully saturated rings. The van der Waals surface area contributed by atoms with Crippen LogP contribution in [0.25, 0.3) is 21.5 Å². The van der Waals surface area contributed by atoms with Gasteiger partial charge >= 0.3 is 0 Å². The molecule has 0 aliphatic carbocycles. The van der Waals surface area contributed by atoms with Crippen LogP contribution in [0.15, 0.2) is 121 Å². The molecule has 7 rings (SSSR count). The molecule has 8 nitrogen and oxygen atoms in total. The Morgan fingerprint density at radius 1 is 0.385 bits per heavy atom. The van der Waals surface area contributed by atoms with Crippen molar-refractivity contribution >= 4 is 21.5 Å². The summed E-state index contributed by atoms with van der Waals surface area (Å²) in [5, 5.41) is 19.8. The van der Waals surface area contributed by atoms with Crippen molar-refractivity contribution in [3.8, 4) is 0 Å². The number of rotatable bonds is 4. The van der Waals surface area contributed by atoms with Gasteiger partial charge in [-0.15, -0.1) is 0 Å². The van der Waals surface area contributed by atoms with E-state index in [4.69, 9.17) is 9.97 Å². The van der Waals surface area contributed by atoms with Crippen LogP contribution in [0, 0.1) is 0 Å². The maximum Gasteiger partial charge on any atom is 0.0545 e. The predicted octanol–water partition coefficient (Wildman–Crippen LogP) is 5.86. The van der Waals surface area contributed by atoms with Gasteiger partial charge in [-0.1, -0.05) is 84.9 Å². The van der Waals surface area contributed by atoms with Gasteiger partial charge in [-0.2, -0.15) is 0 Å². The van der Waals surface area contributed by atoms with Crippen molar-refractivity contribution in [3.63, 3.8) is 0 Å². The molecule has 0 saturated heterocycles. The van der Waals surface area contributed by atoms with E-state index in [2.05, 4.69) is 152 Å². The third-order valence-electron chi connectivity index (χ3n) is 9.81. The summed E-state index contributed by atoms with van der Waals surface area (Å²) in [5.74, 6) is 0. The molecule has 3 heterocycles. The number of nitrogens with one attached hydrogen (secondary N) is 4. The summed E-state index contributed by atoms with van der Waals surface area (Å²) in [6.45, 7) is 12.2. The lowest BCUT2D eigenvalue weighted by Gasteiger charge is -2.23. The van der Waals surface area contributed by atoms with E-state index in [-0.39, 0.29) is 0 Å². The molecule has 0 unspecified atom stereocenters. The van der Waals surface area contributed by atoms with Crippen molar-refractivity contribution in [2.45, 2.75) is 39.3 Å². The van der Waals surface area contributed by atoms with Crippen LogP contribution < -0.4 is 21.3 Å². The molecule has 6 aromatic rings. The maximum atomic E-state index is 4.97. The number of nitrogens with zero attached hydrogens (tertiary/aromatic N) is 4. The number of hydrogen-bond donors (Lipinski definition) is 4. The third kappa shape index (κ3) is 10.7. The Labute approximate surface area is 308 Å². The lowest BCUT2D eigenvalue weighted by Crippen LogP contribution is -2.37. The summed E-state index contributed by atoms with van der Waals surface area (Å²) in [5.41, 5.74) is 7.00. The Kier molecular flexibility index (Phi) is 13.0. The number of pyridine rings is 2. The molecule has 0 atom stereocenters. The summed E-state index contributed by atoms with van der Waals surface area (Å²) >= 11 is 0. The van der Waals surface area contributed by atoms with Crippen LogP contribution in [0.3, 0.4) is 0 Å². The van der Waals surface area contributed by atoms with Gasteiger partial charge in [0.2, 0.25) is 0 Å². The average molecular weight is 693 g/mol. The molecule has 268 valence electrons. The number of fused-ring (bicyclic) bond motifs is 6. The first kappa shape index (κ1) is 35.8. The van der Waals surface area contributed by atoms with Gasteiger partial charge in [0.1, 0.15) is 0 Å². The normalized spacial score (nSPS) is 16.8. The summed E-state index contributed by atoms with van der Waals surface area (Å²) in [7, 11) is 0. The van der Waals surface area contributed by atoms with Crippen LogP contribution >= 0.6 is 0 Å². The van der Waals surface area contributed by atoms with Gasteiger partial charge in [0, 0.05) is 91.6 Å². The molecule has 0 saturated carbocycles. The van der Waals surface area contributed by atoms with Gasteiger partial charge in [-0.3, -0.25) is 19.8 Å². The molecule has 0 spiro atoms. The second kappa shape index (κ2) is 18.8. The number of benzene rings is 4. The van der Waals surface area contributed by atoms with Gasteiger partial charge in [0.25, 0.3) is 0 Å². The van der Waals surface area contributed by atoms with Crippen LogP contribution in [0.5, 0.6) is 0 Å².